The number of aromatic nitrogens is 3. The van der Waals surface area contributed by atoms with E-state index in [2.05, 4.69) is 120 Å². The van der Waals surface area contributed by atoms with Gasteiger partial charge in [0.1, 0.15) is 5.82 Å². The van der Waals surface area contributed by atoms with Crippen molar-refractivity contribution in [3.63, 3.8) is 0 Å². The lowest BCUT2D eigenvalue weighted by molar-refractivity contribution is 0.794. The third-order valence-corrected chi connectivity index (χ3v) is 6.94. The zero-order chi connectivity index (χ0) is 23.8. The molecule has 0 saturated heterocycles. The zero-order valence-electron chi connectivity index (χ0n) is 20.3. The van der Waals surface area contributed by atoms with Crippen molar-refractivity contribution in [2.75, 3.05) is 0 Å². The minimum Gasteiger partial charge on any atom is -0.309 e. The quantitative estimate of drug-likeness (QED) is 0.248. The number of hydrogen-bond donors (Lipinski definition) is 0. The number of hydrogen-bond acceptors (Lipinski definition) is 1. The van der Waals surface area contributed by atoms with Crippen LogP contribution in [0, 0.1) is 6.92 Å². The van der Waals surface area contributed by atoms with Gasteiger partial charge in [0, 0.05) is 40.1 Å². The van der Waals surface area contributed by atoms with Crippen LogP contribution in [0.25, 0.3) is 44.6 Å². The Bertz CT molecular complexity index is 1580. The second kappa shape index (κ2) is 8.92. The van der Waals surface area contributed by atoms with Crippen molar-refractivity contribution in [1.29, 1.82) is 0 Å². The van der Waals surface area contributed by atoms with Crippen molar-refractivity contribution in [3.05, 3.63) is 115 Å². The molecule has 0 spiro atoms. The van der Waals surface area contributed by atoms with Gasteiger partial charge in [0.2, 0.25) is 0 Å². The standard InChI is InChI=1S/C32H29N3/c1-3-4-9-24-14-19-29(23(2)22-24)34-21-20-33-32(34)25-15-17-26(18-16-25)35-30-12-7-5-10-27(30)28-11-6-8-13-31(28)35/h5-8,10-22H,3-4,9H2,1-2H3. The maximum Gasteiger partial charge on any atom is 0.144 e. The summed E-state index contributed by atoms with van der Waals surface area (Å²) in [6.45, 7) is 4.44. The van der Waals surface area contributed by atoms with Gasteiger partial charge in [-0.2, -0.15) is 0 Å². The van der Waals surface area contributed by atoms with Crippen LogP contribution in [0.4, 0.5) is 0 Å². The van der Waals surface area contributed by atoms with Gasteiger partial charge in [0.05, 0.1) is 11.0 Å². The molecule has 3 nitrogen and oxygen atoms in total. The Morgan fingerprint density at radius 1 is 0.771 bits per heavy atom. The number of imidazole rings is 1. The smallest absolute Gasteiger partial charge is 0.144 e. The first kappa shape index (κ1) is 21.4. The van der Waals surface area contributed by atoms with Gasteiger partial charge in [-0.05, 0) is 73.4 Å². The Balaban J connectivity index is 1.39. The van der Waals surface area contributed by atoms with E-state index in [-0.39, 0.29) is 0 Å². The number of aryl methyl sites for hydroxylation is 2. The molecule has 6 aromatic rings. The van der Waals surface area contributed by atoms with Gasteiger partial charge in [-0.25, -0.2) is 4.98 Å². The largest absolute Gasteiger partial charge is 0.309 e. The fourth-order valence-corrected chi connectivity index (χ4v) is 5.20. The maximum atomic E-state index is 4.72. The van der Waals surface area contributed by atoms with Gasteiger partial charge in [-0.15, -0.1) is 0 Å². The Kier molecular flexibility index (Phi) is 5.46. The zero-order valence-corrected chi connectivity index (χ0v) is 20.3. The van der Waals surface area contributed by atoms with Crippen molar-refractivity contribution in [2.24, 2.45) is 0 Å². The highest BCUT2D eigenvalue weighted by molar-refractivity contribution is 6.09. The van der Waals surface area contributed by atoms with Crippen LogP contribution in [-0.2, 0) is 6.42 Å². The van der Waals surface area contributed by atoms with Crippen LogP contribution < -0.4 is 0 Å². The molecule has 4 aromatic carbocycles. The number of nitrogens with zero attached hydrogens (tertiary/aromatic N) is 3. The summed E-state index contributed by atoms with van der Waals surface area (Å²) in [7, 11) is 0. The molecule has 2 aromatic heterocycles. The molecular formula is C32H29N3. The highest BCUT2D eigenvalue weighted by Crippen LogP contribution is 2.32. The van der Waals surface area contributed by atoms with Gasteiger partial charge < -0.3 is 4.57 Å². The molecule has 172 valence electrons. The molecule has 0 unspecified atom stereocenters. The molecule has 0 saturated carbocycles. The highest BCUT2D eigenvalue weighted by atomic mass is 15.1. The molecular weight excluding hydrogens is 426 g/mol. The van der Waals surface area contributed by atoms with Gasteiger partial charge >= 0.3 is 0 Å². The maximum absolute atomic E-state index is 4.72. The Morgan fingerprint density at radius 2 is 1.46 bits per heavy atom. The number of fused-ring (bicyclic) bond motifs is 3. The topological polar surface area (TPSA) is 22.8 Å². The van der Waals surface area contributed by atoms with Gasteiger partial charge in [0.15, 0.2) is 0 Å². The Hall–Kier alpha value is -4.11. The summed E-state index contributed by atoms with van der Waals surface area (Å²) in [6.07, 6.45) is 7.54. The van der Waals surface area contributed by atoms with Gasteiger partial charge in [-0.3, -0.25) is 4.57 Å². The summed E-state index contributed by atoms with van der Waals surface area (Å²) in [4.78, 5) is 4.72. The molecule has 0 amide bonds. The summed E-state index contributed by atoms with van der Waals surface area (Å²) in [5.41, 5.74) is 8.58. The first-order chi connectivity index (χ1) is 17.2. The summed E-state index contributed by atoms with van der Waals surface area (Å²) < 4.78 is 4.55. The summed E-state index contributed by atoms with van der Waals surface area (Å²) in [5, 5.41) is 2.56. The van der Waals surface area contributed by atoms with Crippen molar-refractivity contribution in [2.45, 2.75) is 33.1 Å². The molecule has 0 aliphatic carbocycles. The van der Waals surface area contributed by atoms with E-state index in [1.165, 1.54) is 51.5 Å². The summed E-state index contributed by atoms with van der Waals surface area (Å²) in [6, 6.07) is 32.8. The minimum atomic E-state index is 0.961. The van der Waals surface area contributed by atoms with Crippen LogP contribution in [0.2, 0.25) is 0 Å². The Morgan fingerprint density at radius 3 is 2.11 bits per heavy atom. The lowest BCUT2D eigenvalue weighted by Gasteiger charge is -2.13. The second-order valence-electron chi connectivity index (χ2n) is 9.26. The third-order valence-electron chi connectivity index (χ3n) is 6.94. The molecule has 0 fully saturated rings. The van der Waals surface area contributed by atoms with E-state index in [0.29, 0.717) is 0 Å². The minimum absolute atomic E-state index is 0.961. The van der Waals surface area contributed by atoms with E-state index in [1.54, 1.807) is 0 Å². The molecule has 0 N–H and O–H groups in total. The van der Waals surface area contributed by atoms with Crippen LogP contribution >= 0.6 is 0 Å². The normalized spacial score (nSPS) is 11.5. The average molecular weight is 456 g/mol. The molecule has 0 aliphatic heterocycles. The van der Waals surface area contributed by atoms with E-state index < -0.39 is 0 Å². The Labute approximate surface area is 206 Å². The molecule has 6 rings (SSSR count). The third kappa shape index (κ3) is 3.74. The van der Waals surface area contributed by atoms with E-state index in [4.69, 9.17) is 4.98 Å². The van der Waals surface area contributed by atoms with Crippen molar-refractivity contribution >= 4 is 21.8 Å². The van der Waals surface area contributed by atoms with Crippen molar-refractivity contribution in [3.8, 4) is 22.8 Å². The predicted octanol–water partition coefficient (Wildman–Crippen LogP) is 8.29. The van der Waals surface area contributed by atoms with Crippen LogP contribution in [-0.4, -0.2) is 14.1 Å². The monoisotopic (exact) mass is 455 g/mol. The van der Waals surface area contributed by atoms with E-state index in [1.807, 2.05) is 6.20 Å². The molecule has 35 heavy (non-hydrogen) atoms. The molecule has 0 aliphatic rings. The fourth-order valence-electron chi connectivity index (χ4n) is 5.20. The molecule has 0 atom stereocenters. The van der Waals surface area contributed by atoms with Gasteiger partial charge in [-0.1, -0.05) is 61.9 Å². The van der Waals surface area contributed by atoms with Crippen LogP contribution in [0.3, 0.4) is 0 Å². The lowest BCUT2D eigenvalue weighted by atomic mass is 10.0. The summed E-state index contributed by atoms with van der Waals surface area (Å²) >= 11 is 0. The second-order valence-corrected chi connectivity index (χ2v) is 9.26. The van der Waals surface area contributed by atoms with E-state index >= 15 is 0 Å². The lowest BCUT2D eigenvalue weighted by Crippen LogP contribution is -2.00. The van der Waals surface area contributed by atoms with Crippen LogP contribution in [0.15, 0.2) is 103 Å². The molecule has 0 bridgehead atoms. The number of benzene rings is 4. The van der Waals surface area contributed by atoms with E-state index in [9.17, 15) is 0 Å². The number of rotatable bonds is 6. The molecule has 0 radical (unpaired) electrons. The van der Waals surface area contributed by atoms with Crippen LogP contribution in [0.5, 0.6) is 0 Å². The predicted molar refractivity (Wildman–Crippen MR) is 147 cm³/mol. The van der Waals surface area contributed by atoms with Gasteiger partial charge in [0.25, 0.3) is 0 Å². The molecule has 3 heteroatoms. The van der Waals surface area contributed by atoms with Crippen molar-refractivity contribution < 1.29 is 0 Å². The average Bonchev–Trinajstić information content (AvgIpc) is 3.51. The fraction of sp³-hybridized carbons (Fsp3) is 0.156. The first-order valence-electron chi connectivity index (χ1n) is 12.5. The first-order valence-corrected chi connectivity index (χ1v) is 12.5. The molecule has 2 heterocycles. The summed E-state index contributed by atoms with van der Waals surface area (Å²) in [5.74, 6) is 0.961. The number of unbranched alkanes of at least 4 members (excludes halogenated alkanes) is 1. The highest BCUT2D eigenvalue weighted by Gasteiger charge is 2.13. The number of para-hydroxylation sites is 2. The van der Waals surface area contributed by atoms with Crippen molar-refractivity contribution in [1.82, 2.24) is 14.1 Å². The van der Waals surface area contributed by atoms with E-state index in [0.717, 1.165) is 23.5 Å². The van der Waals surface area contributed by atoms with Crippen LogP contribution in [0.1, 0.15) is 30.9 Å². The SMILES string of the molecule is CCCCc1ccc(-n2ccnc2-c2ccc(-n3c4ccccc4c4ccccc43)cc2)c(C)c1.